The summed E-state index contributed by atoms with van der Waals surface area (Å²) in [6.45, 7) is -0.0828. The Balaban J connectivity index is 1.77. The first-order chi connectivity index (χ1) is 13.9. The SMILES string of the molecule is COc1ccc2cnn(CC(=O)NCc3ccc(C(=O)O)cc3)c(=O)c2c1OC. The Morgan fingerprint density at radius 2 is 1.83 bits per heavy atom. The molecule has 1 aromatic heterocycles. The second-order valence-corrected chi connectivity index (χ2v) is 6.15. The van der Waals surface area contributed by atoms with Crippen LogP contribution in [0.2, 0.25) is 0 Å². The topological polar surface area (TPSA) is 120 Å². The van der Waals surface area contributed by atoms with Crippen LogP contribution in [-0.2, 0) is 17.9 Å². The Bertz CT molecular complexity index is 1120. The molecule has 0 saturated heterocycles. The first-order valence-corrected chi connectivity index (χ1v) is 8.64. The number of aromatic carboxylic acids is 1. The van der Waals surface area contributed by atoms with Gasteiger partial charge in [-0.25, -0.2) is 9.48 Å². The third kappa shape index (κ3) is 4.18. The maximum atomic E-state index is 12.8. The molecule has 1 amide bonds. The molecule has 29 heavy (non-hydrogen) atoms. The van der Waals surface area contributed by atoms with Crippen LogP contribution in [0.4, 0.5) is 0 Å². The van der Waals surface area contributed by atoms with Crippen LogP contribution in [0.15, 0.2) is 47.4 Å². The van der Waals surface area contributed by atoms with Crippen LogP contribution in [0.3, 0.4) is 0 Å². The Kier molecular flexibility index (Phi) is 5.77. The molecule has 0 atom stereocenters. The summed E-state index contributed by atoms with van der Waals surface area (Å²) >= 11 is 0. The zero-order chi connectivity index (χ0) is 21.0. The number of nitrogens with zero attached hydrogens (tertiary/aromatic N) is 2. The van der Waals surface area contributed by atoms with Gasteiger partial charge in [0.25, 0.3) is 5.56 Å². The van der Waals surface area contributed by atoms with Gasteiger partial charge < -0.3 is 19.9 Å². The molecule has 0 bridgehead atoms. The maximum absolute atomic E-state index is 12.8. The van der Waals surface area contributed by atoms with Crippen molar-refractivity contribution in [3.8, 4) is 11.5 Å². The number of methoxy groups -OCH3 is 2. The molecule has 0 spiro atoms. The molecule has 0 aliphatic carbocycles. The van der Waals surface area contributed by atoms with Gasteiger partial charge in [0, 0.05) is 11.9 Å². The molecule has 3 rings (SSSR count). The monoisotopic (exact) mass is 397 g/mol. The van der Waals surface area contributed by atoms with Crippen LogP contribution in [0.5, 0.6) is 11.5 Å². The van der Waals surface area contributed by atoms with Gasteiger partial charge in [-0.1, -0.05) is 12.1 Å². The number of fused-ring (bicyclic) bond motifs is 1. The number of hydrogen-bond acceptors (Lipinski definition) is 6. The number of rotatable bonds is 7. The molecule has 0 fully saturated rings. The Hall–Kier alpha value is -3.88. The van der Waals surface area contributed by atoms with E-state index in [1.165, 1.54) is 32.5 Å². The van der Waals surface area contributed by atoms with E-state index in [2.05, 4.69) is 10.4 Å². The minimum Gasteiger partial charge on any atom is -0.493 e. The van der Waals surface area contributed by atoms with Gasteiger partial charge in [0.05, 0.1) is 31.4 Å². The molecule has 3 aromatic rings. The van der Waals surface area contributed by atoms with Crippen molar-refractivity contribution in [1.29, 1.82) is 0 Å². The van der Waals surface area contributed by atoms with Gasteiger partial charge in [0.2, 0.25) is 5.91 Å². The van der Waals surface area contributed by atoms with Crippen molar-refractivity contribution in [2.24, 2.45) is 0 Å². The lowest BCUT2D eigenvalue weighted by Gasteiger charge is -2.12. The fourth-order valence-corrected chi connectivity index (χ4v) is 2.85. The van der Waals surface area contributed by atoms with E-state index >= 15 is 0 Å². The molecule has 0 unspecified atom stereocenters. The maximum Gasteiger partial charge on any atom is 0.335 e. The quantitative estimate of drug-likeness (QED) is 0.619. The second-order valence-electron chi connectivity index (χ2n) is 6.15. The summed E-state index contributed by atoms with van der Waals surface area (Å²) in [5.74, 6) is -0.744. The van der Waals surface area contributed by atoms with E-state index in [4.69, 9.17) is 14.6 Å². The minimum atomic E-state index is -1.02. The van der Waals surface area contributed by atoms with Crippen molar-refractivity contribution < 1.29 is 24.2 Å². The number of hydrogen-bond donors (Lipinski definition) is 2. The predicted molar refractivity (Wildman–Crippen MR) is 104 cm³/mol. The largest absolute Gasteiger partial charge is 0.493 e. The number of amides is 1. The number of aromatic nitrogens is 2. The molecule has 2 N–H and O–H groups in total. The van der Waals surface area contributed by atoms with E-state index in [0.29, 0.717) is 11.1 Å². The van der Waals surface area contributed by atoms with E-state index in [1.807, 2.05) is 0 Å². The summed E-state index contributed by atoms with van der Waals surface area (Å²) in [7, 11) is 2.91. The first kappa shape index (κ1) is 19.9. The molecule has 2 aromatic carbocycles. The smallest absolute Gasteiger partial charge is 0.335 e. The lowest BCUT2D eigenvalue weighted by atomic mass is 10.1. The van der Waals surface area contributed by atoms with E-state index in [9.17, 15) is 14.4 Å². The standard InChI is InChI=1S/C20H19N3O6/c1-28-15-8-7-14-10-22-23(19(25)17(14)18(15)29-2)11-16(24)21-9-12-3-5-13(6-4-12)20(26)27/h3-8,10H,9,11H2,1-2H3,(H,21,24)(H,26,27). The van der Waals surface area contributed by atoms with Crippen molar-refractivity contribution in [2.75, 3.05) is 14.2 Å². The van der Waals surface area contributed by atoms with Crippen molar-refractivity contribution in [2.45, 2.75) is 13.1 Å². The summed E-state index contributed by atoms with van der Waals surface area (Å²) < 4.78 is 11.6. The molecule has 9 heteroatoms. The average molecular weight is 397 g/mol. The van der Waals surface area contributed by atoms with Crippen molar-refractivity contribution in [3.63, 3.8) is 0 Å². The Morgan fingerprint density at radius 3 is 2.45 bits per heavy atom. The molecule has 0 aliphatic rings. The van der Waals surface area contributed by atoms with Crippen LogP contribution in [0.1, 0.15) is 15.9 Å². The van der Waals surface area contributed by atoms with Crippen LogP contribution >= 0.6 is 0 Å². The second kappa shape index (κ2) is 8.42. The zero-order valence-electron chi connectivity index (χ0n) is 15.8. The number of benzene rings is 2. The highest BCUT2D eigenvalue weighted by molar-refractivity contribution is 5.89. The summed E-state index contributed by atoms with van der Waals surface area (Å²) in [4.78, 5) is 35.9. The number of carbonyl (C=O) groups excluding carboxylic acids is 1. The fraction of sp³-hybridized carbons (Fsp3) is 0.200. The fourth-order valence-electron chi connectivity index (χ4n) is 2.85. The summed E-state index contributed by atoms with van der Waals surface area (Å²) in [6.07, 6.45) is 1.48. The Labute approximate surface area is 165 Å². The molecule has 9 nitrogen and oxygen atoms in total. The first-order valence-electron chi connectivity index (χ1n) is 8.64. The van der Waals surface area contributed by atoms with Crippen molar-refractivity contribution >= 4 is 22.6 Å². The third-order valence-electron chi connectivity index (χ3n) is 4.35. The summed E-state index contributed by atoms with van der Waals surface area (Å²) in [6, 6.07) is 9.51. The minimum absolute atomic E-state index is 0.163. The molecule has 0 aliphatic heterocycles. The van der Waals surface area contributed by atoms with Crippen molar-refractivity contribution in [1.82, 2.24) is 15.1 Å². The number of carboxylic acids is 1. The normalized spacial score (nSPS) is 10.6. The molecule has 0 saturated carbocycles. The average Bonchev–Trinajstić information content (AvgIpc) is 2.73. The van der Waals surface area contributed by atoms with Gasteiger partial charge in [0.15, 0.2) is 11.5 Å². The summed E-state index contributed by atoms with van der Waals surface area (Å²) in [5.41, 5.74) is 0.421. The van der Waals surface area contributed by atoms with Crippen LogP contribution in [-0.4, -0.2) is 41.0 Å². The van der Waals surface area contributed by atoms with Gasteiger partial charge in [0.1, 0.15) is 6.54 Å². The van der Waals surface area contributed by atoms with E-state index in [-0.39, 0.29) is 29.8 Å². The highest BCUT2D eigenvalue weighted by Crippen LogP contribution is 2.32. The van der Waals surface area contributed by atoms with Gasteiger partial charge in [-0.05, 0) is 29.8 Å². The van der Waals surface area contributed by atoms with E-state index in [1.54, 1.807) is 24.3 Å². The highest BCUT2D eigenvalue weighted by Gasteiger charge is 2.16. The third-order valence-corrected chi connectivity index (χ3v) is 4.35. The van der Waals surface area contributed by atoms with Crippen LogP contribution < -0.4 is 20.3 Å². The van der Waals surface area contributed by atoms with Crippen LogP contribution in [0, 0.1) is 0 Å². The highest BCUT2D eigenvalue weighted by atomic mass is 16.5. The number of carboxylic acid groups (broad SMARTS) is 1. The number of ether oxygens (including phenoxy) is 2. The zero-order valence-corrected chi connectivity index (χ0v) is 15.8. The van der Waals surface area contributed by atoms with Gasteiger partial charge in [-0.3, -0.25) is 9.59 Å². The van der Waals surface area contributed by atoms with Gasteiger partial charge in [-0.15, -0.1) is 0 Å². The summed E-state index contributed by atoms with van der Waals surface area (Å²) in [5, 5.41) is 16.5. The number of carbonyl (C=O) groups is 2. The predicted octanol–water partition coefficient (Wildman–Crippen LogP) is 1.43. The molecule has 1 heterocycles. The van der Waals surface area contributed by atoms with Crippen LogP contribution in [0.25, 0.3) is 10.8 Å². The van der Waals surface area contributed by atoms with Gasteiger partial charge >= 0.3 is 5.97 Å². The molecular weight excluding hydrogens is 378 g/mol. The lowest BCUT2D eigenvalue weighted by molar-refractivity contribution is -0.122. The van der Waals surface area contributed by atoms with E-state index in [0.717, 1.165) is 10.2 Å². The Morgan fingerprint density at radius 1 is 1.10 bits per heavy atom. The number of nitrogens with one attached hydrogen (secondary N) is 1. The van der Waals surface area contributed by atoms with Crippen molar-refractivity contribution in [3.05, 3.63) is 64.1 Å². The molecular formula is C20H19N3O6. The van der Waals surface area contributed by atoms with E-state index < -0.39 is 17.4 Å². The molecule has 150 valence electrons. The lowest BCUT2D eigenvalue weighted by Crippen LogP contribution is -2.33. The molecule has 0 radical (unpaired) electrons. The van der Waals surface area contributed by atoms with Gasteiger partial charge in [-0.2, -0.15) is 5.10 Å².